The predicted molar refractivity (Wildman–Crippen MR) is 52.9 cm³/mol. The van der Waals surface area contributed by atoms with E-state index in [0.29, 0.717) is 12.7 Å². The normalized spacial score (nSPS) is 30.5. The number of morpholine rings is 1. The minimum Gasteiger partial charge on any atom is -0.373 e. The van der Waals surface area contributed by atoms with Gasteiger partial charge in [0.15, 0.2) is 0 Å². The molecule has 1 N–H and O–H groups in total. The van der Waals surface area contributed by atoms with Gasteiger partial charge in [-0.3, -0.25) is 0 Å². The van der Waals surface area contributed by atoms with Crippen LogP contribution in [0.1, 0.15) is 27.7 Å². The first-order valence-corrected chi connectivity index (χ1v) is 4.97. The van der Waals surface area contributed by atoms with Gasteiger partial charge in [-0.1, -0.05) is 0 Å². The third-order valence-electron chi connectivity index (χ3n) is 1.93. The lowest BCUT2D eigenvalue weighted by Gasteiger charge is -2.31. The Hall–Kier alpha value is -0.120. The van der Waals surface area contributed by atoms with Gasteiger partial charge >= 0.3 is 0 Å². The second kappa shape index (κ2) is 4.40. The second-order valence-corrected chi connectivity index (χ2v) is 4.65. The van der Waals surface area contributed by atoms with E-state index < -0.39 is 0 Å². The Morgan fingerprint density at radius 1 is 1.38 bits per heavy atom. The molecule has 1 fully saturated rings. The minimum absolute atomic E-state index is 0.0654. The summed E-state index contributed by atoms with van der Waals surface area (Å²) in [5.74, 6) is 0. The van der Waals surface area contributed by atoms with Crippen LogP contribution in [0.5, 0.6) is 0 Å². The summed E-state index contributed by atoms with van der Waals surface area (Å²) in [6.45, 7) is 10.8. The Labute approximate surface area is 80.8 Å². The summed E-state index contributed by atoms with van der Waals surface area (Å²) < 4.78 is 11.3. The van der Waals surface area contributed by atoms with E-state index >= 15 is 0 Å². The van der Waals surface area contributed by atoms with Crippen LogP contribution in [0.4, 0.5) is 0 Å². The standard InChI is InChI=1S/C10H21NO2/c1-8-5-11-6-9(13-8)7-12-10(2,3)4/h8-9,11H,5-7H2,1-4H3/t8-,9-/m1/s1. The SMILES string of the molecule is C[C@@H]1CNC[C@H](COC(C)(C)C)O1. The third kappa shape index (κ3) is 4.60. The first kappa shape index (κ1) is 11.0. The van der Waals surface area contributed by atoms with E-state index in [4.69, 9.17) is 9.47 Å². The summed E-state index contributed by atoms with van der Waals surface area (Å²) in [6, 6.07) is 0. The molecule has 0 unspecified atom stereocenters. The molecule has 0 radical (unpaired) electrons. The Balaban J connectivity index is 2.21. The van der Waals surface area contributed by atoms with E-state index in [1.54, 1.807) is 0 Å². The van der Waals surface area contributed by atoms with Crippen molar-refractivity contribution in [3.63, 3.8) is 0 Å². The predicted octanol–water partition coefficient (Wildman–Crippen LogP) is 1.18. The van der Waals surface area contributed by atoms with Gasteiger partial charge in [0.05, 0.1) is 24.4 Å². The van der Waals surface area contributed by atoms with Crippen molar-refractivity contribution in [1.29, 1.82) is 0 Å². The zero-order chi connectivity index (χ0) is 9.90. The fourth-order valence-electron chi connectivity index (χ4n) is 1.31. The van der Waals surface area contributed by atoms with Crippen molar-refractivity contribution in [1.82, 2.24) is 5.32 Å². The molecule has 0 aliphatic carbocycles. The van der Waals surface area contributed by atoms with E-state index in [2.05, 4.69) is 33.0 Å². The van der Waals surface area contributed by atoms with Crippen LogP contribution in [0, 0.1) is 0 Å². The number of ether oxygens (including phenoxy) is 2. The average molecular weight is 187 g/mol. The maximum absolute atomic E-state index is 5.69. The molecule has 13 heavy (non-hydrogen) atoms. The minimum atomic E-state index is -0.0654. The second-order valence-electron chi connectivity index (χ2n) is 4.65. The summed E-state index contributed by atoms with van der Waals surface area (Å²) in [7, 11) is 0. The number of nitrogens with one attached hydrogen (secondary N) is 1. The van der Waals surface area contributed by atoms with Gasteiger partial charge in [-0.2, -0.15) is 0 Å². The first-order chi connectivity index (χ1) is 5.97. The monoisotopic (exact) mass is 187 g/mol. The zero-order valence-electron chi connectivity index (χ0n) is 9.09. The lowest BCUT2D eigenvalue weighted by Crippen LogP contribution is -2.46. The molecule has 1 aliphatic heterocycles. The lowest BCUT2D eigenvalue weighted by molar-refractivity contribution is -0.103. The van der Waals surface area contributed by atoms with Gasteiger partial charge in [0.25, 0.3) is 0 Å². The molecule has 78 valence electrons. The van der Waals surface area contributed by atoms with Crippen molar-refractivity contribution in [2.75, 3.05) is 19.7 Å². The molecule has 3 nitrogen and oxygen atoms in total. The summed E-state index contributed by atoms with van der Waals surface area (Å²) >= 11 is 0. The molecular weight excluding hydrogens is 166 g/mol. The van der Waals surface area contributed by atoms with Crippen molar-refractivity contribution in [2.45, 2.75) is 45.5 Å². The molecule has 0 aromatic rings. The quantitative estimate of drug-likeness (QED) is 0.704. The number of rotatable bonds is 2. The van der Waals surface area contributed by atoms with Gasteiger partial charge in [-0.05, 0) is 27.7 Å². The Morgan fingerprint density at radius 3 is 2.62 bits per heavy atom. The molecule has 1 heterocycles. The van der Waals surface area contributed by atoms with Crippen LogP contribution >= 0.6 is 0 Å². The van der Waals surface area contributed by atoms with Crippen LogP contribution < -0.4 is 5.32 Å². The average Bonchev–Trinajstić information content (AvgIpc) is 2.00. The largest absolute Gasteiger partial charge is 0.373 e. The maximum atomic E-state index is 5.69. The highest BCUT2D eigenvalue weighted by Crippen LogP contribution is 2.10. The van der Waals surface area contributed by atoms with Gasteiger partial charge in [0, 0.05) is 13.1 Å². The van der Waals surface area contributed by atoms with E-state index in [9.17, 15) is 0 Å². The van der Waals surface area contributed by atoms with Crippen LogP contribution in [0.3, 0.4) is 0 Å². The van der Waals surface area contributed by atoms with Gasteiger partial charge < -0.3 is 14.8 Å². The van der Waals surface area contributed by atoms with Crippen molar-refractivity contribution >= 4 is 0 Å². The Kier molecular flexibility index (Phi) is 3.71. The van der Waals surface area contributed by atoms with Crippen LogP contribution in [0.15, 0.2) is 0 Å². The topological polar surface area (TPSA) is 30.5 Å². The fourth-order valence-corrected chi connectivity index (χ4v) is 1.31. The molecule has 1 aliphatic rings. The summed E-state index contributed by atoms with van der Waals surface area (Å²) in [4.78, 5) is 0. The molecule has 0 bridgehead atoms. The third-order valence-corrected chi connectivity index (χ3v) is 1.93. The van der Waals surface area contributed by atoms with E-state index in [1.165, 1.54) is 0 Å². The van der Waals surface area contributed by atoms with Crippen LogP contribution in [0.25, 0.3) is 0 Å². The number of hydrogen-bond donors (Lipinski definition) is 1. The lowest BCUT2D eigenvalue weighted by atomic mass is 10.2. The van der Waals surface area contributed by atoms with E-state index in [0.717, 1.165) is 13.1 Å². The van der Waals surface area contributed by atoms with Crippen molar-refractivity contribution in [2.24, 2.45) is 0 Å². The molecule has 0 amide bonds. The molecule has 0 saturated carbocycles. The van der Waals surface area contributed by atoms with Gasteiger partial charge in [0.2, 0.25) is 0 Å². The summed E-state index contributed by atoms with van der Waals surface area (Å²) in [5, 5.41) is 3.32. The van der Waals surface area contributed by atoms with E-state index in [1.807, 2.05) is 0 Å². The summed E-state index contributed by atoms with van der Waals surface area (Å²) in [6.07, 6.45) is 0.519. The van der Waals surface area contributed by atoms with Gasteiger partial charge in [0.1, 0.15) is 0 Å². The van der Waals surface area contributed by atoms with Gasteiger partial charge in [-0.25, -0.2) is 0 Å². The number of hydrogen-bond acceptors (Lipinski definition) is 3. The molecule has 3 heteroatoms. The molecule has 0 spiro atoms. The Morgan fingerprint density at radius 2 is 2.08 bits per heavy atom. The molecular formula is C10H21NO2. The summed E-state index contributed by atoms with van der Waals surface area (Å²) in [5.41, 5.74) is -0.0654. The zero-order valence-corrected chi connectivity index (χ0v) is 9.09. The van der Waals surface area contributed by atoms with Crippen LogP contribution in [0.2, 0.25) is 0 Å². The first-order valence-electron chi connectivity index (χ1n) is 4.97. The highest BCUT2D eigenvalue weighted by molar-refractivity contribution is 4.72. The van der Waals surface area contributed by atoms with E-state index in [-0.39, 0.29) is 11.7 Å². The molecule has 1 saturated heterocycles. The highest BCUT2D eigenvalue weighted by Gasteiger charge is 2.21. The van der Waals surface area contributed by atoms with Crippen LogP contribution in [-0.2, 0) is 9.47 Å². The van der Waals surface area contributed by atoms with Crippen molar-refractivity contribution in [3.8, 4) is 0 Å². The molecule has 0 aromatic carbocycles. The molecule has 1 rings (SSSR count). The fraction of sp³-hybridized carbons (Fsp3) is 1.00. The maximum Gasteiger partial charge on any atom is 0.0937 e. The smallest absolute Gasteiger partial charge is 0.0937 e. The van der Waals surface area contributed by atoms with Crippen molar-refractivity contribution in [3.05, 3.63) is 0 Å². The highest BCUT2D eigenvalue weighted by atomic mass is 16.5. The molecule has 2 atom stereocenters. The molecule has 0 aromatic heterocycles. The van der Waals surface area contributed by atoms with Crippen molar-refractivity contribution < 1.29 is 9.47 Å². The Bertz CT molecular complexity index is 153. The van der Waals surface area contributed by atoms with Gasteiger partial charge in [-0.15, -0.1) is 0 Å². The van der Waals surface area contributed by atoms with Crippen LogP contribution in [-0.4, -0.2) is 37.5 Å².